The van der Waals surface area contributed by atoms with Crippen molar-refractivity contribution >= 4 is 28.9 Å². The van der Waals surface area contributed by atoms with Crippen LogP contribution < -0.4 is 5.32 Å². The molecular formula is C8H9Cl2N3. The van der Waals surface area contributed by atoms with Crippen molar-refractivity contribution in [2.45, 2.75) is 13.0 Å². The first-order chi connectivity index (χ1) is 6.13. The maximum absolute atomic E-state index is 5.77. The van der Waals surface area contributed by atoms with E-state index in [9.17, 15) is 0 Å². The predicted octanol–water partition coefficient (Wildman–Crippen LogP) is 2.77. The molecule has 0 saturated heterocycles. The van der Waals surface area contributed by atoms with Crippen molar-refractivity contribution in [3.63, 3.8) is 0 Å². The van der Waals surface area contributed by atoms with Crippen LogP contribution in [0.25, 0.3) is 0 Å². The fourth-order valence-corrected chi connectivity index (χ4v) is 1.05. The van der Waals surface area contributed by atoms with Gasteiger partial charge in [-0.3, -0.25) is 0 Å². The second kappa shape index (κ2) is 4.44. The first kappa shape index (κ1) is 10.3. The second-order valence-electron chi connectivity index (χ2n) is 2.54. The largest absolute Gasteiger partial charge is 0.377 e. The van der Waals surface area contributed by atoms with Crippen molar-refractivity contribution in [3.8, 4) is 0 Å². The van der Waals surface area contributed by atoms with Gasteiger partial charge < -0.3 is 5.32 Å². The summed E-state index contributed by atoms with van der Waals surface area (Å²) in [5, 5.41) is 10.9. The molecule has 0 bridgehead atoms. The molecule has 0 aliphatic rings. The van der Waals surface area contributed by atoms with Gasteiger partial charge in [-0.15, -0.1) is 16.8 Å². The van der Waals surface area contributed by atoms with E-state index in [1.54, 1.807) is 12.1 Å². The third-order valence-electron chi connectivity index (χ3n) is 1.46. The molecule has 0 spiro atoms. The molecule has 1 unspecified atom stereocenters. The van der Waals surface area contributed by atoms with Crippen molar-refractivity contribution in [2.75, 3.05) is 5.32 Å². The number of hydrogen-bond acceptors (Lipinski definition) is 3. The summed E-state index contributed by atoms with van der Waals surface area (Å²) in [4.78, 5) is 0. The number of rotatable bonds is 3. The van der Waals surface area contributed by atoms with Crippen LogP contribution in [-0.2, 0) is 0 Å². The van der Waals surface area contributed by atoms with E-state index in [2.05, 4.69) is 22.1 Å². The maximum atomic E-state index is 5.77. The average Bonchev–Trinajstić information content (AvgIpc) is 2.11. The minimum Gasteiger partial charge on any atom is -0.377 e. The number of nitrogens with one attached hydrogen (secondary N) is 1. The van der Waals surface area contributed by atoms with E-state index in [1.807, 2.05) is 6.92 Å². The smallest absolute Gasteiger partial charge is 0.174 e. The minimum atomic E-state index is 0.109. The Morgan fingerprint density at radius 2 is 2.23 bits per heavy atom. The number of aromatic nitrogens is 2. The molecule has 0 aliphatic heterocycles. The van der Waals surface area contributed by atoms with E-state index in [4.69, 9.17) is 23.2 Å². The standard InChI is InChI=1S/C8H9Cl2N3/c1-3-5(2)11-6-4-7(9)12-13-8(6)10/h3-5H,1H2,2H3,(H,11,12). The SMILES string of the molecule is C=CC(C)Nc1cc(Cl)nnc1Cl. The van der Waals surface area contributed by atoms with E-state index < -0.39 is 0 Å². The summed E-state index contributed by atoms with van der Waals surface area (Å²) >= 11 is 11.4. The van der Waals surface area contributed by atoms with Crippen LogP contribution in [0.2, 0.25) is 10.3 Å². The molecule has 0 radical (unpaired) electrons. The van der Waals surface area contributed by atoms with E-state index in [1.165, 1.54) is 0 Å². The normalized spacial score (nSPS) is 12.2. The van der Waals surface area contributed by atoms with Crippen molar-refractivity contribution < 1.29 is 0 Å². The van der Waals surface area contributed by atoms with Gasteiger partial charge in [-0.2, -0.15) is 0 Å². The van der Waals surface area contributed by atoms with Gasteiger partial charge in [-0.05, 0) is 6.92 Å². The molecule has 3 nitrogen and oxygen atoms in total. The van der Waals surface area contributed by atoms with Crippen molar-refractivity contribution in [1.82, 2.24) is 10.2 Å². The van der Waals surface area contributed by atoms with E-state index in [0.29, 0.717) is 16.0 Å². The average molecular weight is 218 g/mol. The Kier molecular flexibility index (Phi) is 3.51. The molecule has 1 heterocycles. The van der Waals surface area contributed by atoms with Crippen LogP contribution in [0.3, 0.4) is 0 Å². The zero-order chi connectivity index (χ0) is 9.84. The second-order valence-corrected chi connectivity index (χ2v) is 3.29. The predicted molar refractivity (Wildman–Crippen MR) is 55.3 cm³/mol. The van der Waals surface area contributed by atoms with Crippen LogP contribution in [-0.4, -0.2) is 16.2 Å². The molecule has 1 rings (SSSR count). The van der Waals surface area contributed by atoms with E-state index >= 15 is 0 Å². The molecular weight excluding hydrogens is 209 g/mol. The minimum absolute atomic E-state index is 0.109. The van der Waals surface area contributed by atoms with Crippen LogP contribution in [0.4, 0.5) is 5.69 Å². The molecule has 13 heavy (non-hydrogen) atoms. The lowest BCUT2D eigenvalue weighted by Gasteiger charge is -2.10. The molecule has 0 aliphatic carbocycles. The van der Waals surface area contributed by atoms with Gasteiger partial charge in [0.1, 0.15) is 0 Å². The summed E-state index contributed by atoms with van der Waals surface area (Å²) in [5.41, 5.74) is 0.661. The van der Waals surface area contributed by atoms with Gasteiger partial charge >= 0.3 is 0 Å². The first-order valence-electron chi connectivity index (χ1n) is 3.71. The highest BCUT2D eigenvalue weighted by atomic mass is 35.5. The highest BCUT2D eigenvalue weighted by Gasteiger charge is 2.05. The van der Waals surface area contributed by atoms with Crippen LogP contribution in [0.5, 0.6) is 0 Å². The third-order valence-corrected chi connectivity index (χ3v) is 1.92. The molecule has 0 aromatic carbocycles. The highest BCUT2D eigenvalue weighted by Crippen LogP contribution is 2.21. The third kappa shape index (κ3) is 2.86. The number of hydrogen-bond donors (Lipinski definition) is 1. The molecule has 0 fully saturated rings. The molecule has 0 saturated carbocycles. The van der Waals surface area contributed by atoms with Crippen LogP contribution in [0.15, 0.2) is 18.7 Å². The number of nitrogens with zero attached hydrogens (tertiary/aromatic N) is 2. The lowest BCUT2D eigenvalue weighted by Crippen LogP contribution is -2.12. The highest BCUT2D eigenvalue weighted by molar-refractivity contribution is 6.33. The monoisotopic (exact) mass is 217 g/mol. The molecule has 1 N–H and O–H groups in total. The maximum Gasteiger partial charge on any atom is 0.174 e. The molecule has 0 amide bonds. The van der Waals surface area contributed by atoms with Gasteiger partial charge in [0.2, 0.25) is 0 Å². The van der Waals surface area contributed by atoms with E-state index in [0.717, 1.165) is 0 Å². The Labute approximate surface area is 86.8 Å². The van der Waals surface area contributed by atoms with Crippen molar-refractivity contribution in [2.24, 2.45) is 0 Å². The molecule has 70 valence electrons. The summed E-state index contributed by atoms with van der Waals surface area (Å²) in [5.74, 6) is 0. The molecule has 5 heteroatoms. The Morgan fingerprint density at radius 1 is 1.54 bits per heavy atom. The zero-order valence-electron chi connectivity index (χ0n) is 7.09. The van der Waals surface area contributed by atoms with Gasteiger partial charge in [0, 0.05) is 12.1 Å². The Balaban J connectivity index is 2.86. The lowest BCUT2D eigenvalue weighted by molar-refractivity contribution is 0.975. The van der Waals surface area contributed by atoms with Gasteiger partial charge in [0.05, 0.1) is 5.69 Å². The van der Waals surface area contributed by atoms with E-state index in [-0.39, 0.29) is 6.04 Å². The summed E-state index contributed by atoms with van der Waals surface area (Å²) in [6, 6.07) is 1.73. The summed E-state index contributed by atoms with van der Waals surface area (Å²) in [6.07, 6.45) is 1.75. The first-order valence-corrected chi connectivity index (χ1v) is 4.47. The topological polar surface area (TPSA) is 37.8 Å². The molecule has 1 aromatic rings. The van der Waals surface area contributed by atoms with Gasteiger partial charge in [0.25, 0.3) is 0 Å². The summed E-state index contributed by atoms with van der Waals surface area (Å²) < 4.78 is 0. The van der Waals surface area contributed by atoms with Crippen LogP contribution >= 0.6 is 23.2 Å². The van der Waals surface area contributed by atoms with Crippen LogP contribution in [0.1, 0.15) is 6.92 Å². The van der Waals surface area contributed by atoms with Gasteiger partial charge in [0.15, 0.2) is 10.3 Å². The fraction of sp³-hybridized carbons (Fsp3) is 0.250. The Hall–Kier alpha value is -0.800. The Morgan fingerprint density at radius 3 is 2.85 bits per heavy atom. The summed E-state index contributed by atoms with van der Waals surface area (Å²) in [6.45, 7) is 5.58. The summed E-state index contributed by atoms with van der Waals surface area (Å²) in [7, 11) is 0. The Bertz CT molecular complexity index is 314. The van der Waals surface area contributed by atoms with Gasteiger partial charge in [-0.25, -0.2) is 0 Å². The molecule has 1 aromatic heterocycles. The quantitative estimate of drug-likeness (QED) is 0.792. The van der Waals surface area contributed by atoms with Crippen LogP contribution in [0, 0.1) is 0 Å². The van der Waals surface area contributed by atoms with Crippen molar-refractivity contribution in [3.05, 3.63) is 29.0 Å². The van der Waals surface area contributed by atoms with Crippen molar-refractivity contribution in [1.29, 1.82) is 0 Å². The number of anilines is 1. The fourth-order valence-electron chi connectivity index (χ4n) is 0.758. The zero-order valence-corrected chi connectivity index (χ0v) is 8.60. The lowest BCUT2D eigenvalue weighted by atomic mass is 10.3. The number of halogens is 2. The molecule has 1 atom stereocenters. The van der Waals surface area contributed by atoms with Gasteiger partial charge in [-0.1, -0.05) is 29.3 Å².